The lowest BCUT2D eigenvalue weighted by molar-refractivity contribution is 0.102. The molecule has 0 aliphatic rings. The molecule has 1 aromatic heterocycles. The molecule has 0 spiro atoms. The zero-order valence-corrected chi connectivity index (χ0v) is 10.3. The van der Waals surface area contributed by atoms with E-state index in [1.165, 1.54) is 0 Å². The van der Waals surface area contributed by atoms with Crippen molar-refractivity contribution in [2.75, 3.05) is 5.32 Å². The summed E-state index contributed by atoms with van der Waals surface area (Å²) in [6.45, 7) is 3.68. The van der Waals surface area contributed by atoms with E-state index in [4.69, 9.17) is 11.6 Å². The van der Waals surface area contributed by atoms with Crippen LogP contribution >= 0.6 is 11.6 Å². The van der Waals surface area contributed by atoms with Gasteiger partial charge >= 0.3 is 0 Å². The molecule has 2 rings (SSSR count). The molecule has 0 saturated heterocycles. The zero-order chi connectivity index (χ0) is 12.4. The van der Waals surface area contributed by atoms with Crippen LogP contribution in [0.25, 0.3) is 0 Å². The van der Waals surface area contributed by atoms with E-state index < -0.39 is 0 Å². The molecule has 0 radical (unpaired) electrons. The van der Waals surface area contributed by atoms with Crippen LogP contribution in [0.3, 0.4) is 0 Å². The molecule has 88 valence electrons. The van der Waals surface area contributed by atoms with E-state index >= 15 is 0 Å². The lowest BCUT2D eigenvalue weighted by Gasteiger charge is -2.06. The van der Waals surface area contributed by atoms with Crippen molar-refractivity contribution in [3.05, 3.63) is 46.1 Å². The van der Waals surface area contributed by atoms with Gasteiger partial charge < -0.3 is 5.32 Å². The third-order valence-electron chi connectivity index (χ3n) is 2.46. The molecular weight excluding hydrogens is 238 g/mol. The molecule has 17 heavy (non-hydrogen) atoms. The molecule has 5 heteroatoms. The SMILES string of the molecule is Cc1cc(NC(=O)c2cccc(Cl)c2C)n[nH]1. The Hall–Kier alpha value is -1.81. The predicted molar refractivity (Wildman–Crippen MR) is 67.5 cm³/mol. The Morgan fingerprint density at radius 3 is 2.82 bits per heavy atom. The van der Waals surface area contributed by atoms with Crippen molar-refractivity contribution in [3.63, 3.8) is 0 Å². The van der Waals surface area contributed by atoms with Gasteiger partial charge in [0.15, 0.2) is 5.82 Å². The van der Waals surface area contributed by atoms with Gasteiger partial charge in [-0.1, -0.05) is 17.7 Å². The summed E-state index contributed by atoms with van der Waals surface area (Å²) in [7, 11) is 0. The Balaban J connectivity index is 2.23. The summed E-state index contributed by atoms with van der Waals surface area (Å²) in [6.07, 6.45) is 0. The number of hydrogen-bond donors (Lipinski definition) is 2. The molecule has 1 amide bonds. The summed E-state index contributed by atoms with van der Waals surface area (Å²) in [4.78, 5) is 12.0. The first-order valence-electron chi connectivity index (χ1n) is 5.16. The Kier molecular flexibility index (Phi) is 3.15. The van der Waals surface area contributed by atoms with E-state index in [1.54, 1.807) is 24.3 Å². The monoisotopic (exact) mass is 249 g/mol. The number of aromatic nitrogens is 2. The van der Waals surface area contributed by atoms with Gasteiger partial charge in [0.25, 0.3) is 5.91 Å². The number of benzene rings is 1. The van der Waals surface area contributed by atoms with Gasteiger partial charge in [0, 0.05) is 22.3 Å². The predicted octanol–water partition coefficient (Wildman–Crippen LogP) is 2.93. The quantitative estimate of drug-likeness (QED) is 0.860. The highest BCUT2D eigenvalue weighted by Gasteiger charge is 2.11. The van der Waals surface area contributed by atoms with E-state index in [9.17, 15) is 4.79 Å². The zero-order valence-electron chi connectivity index (χ0n) is 9.54. The smallest absolute Gasteiger partial charge is 0.257 e. The Morgan fingerprint density at radius 2 is 2.18 bits per heavy atom. The minimum Gasteiger partial charge on any atom is -0.305 e. The maximum Gasteiger partial charge on any atom is 0.257 e. The van der Waals surface area contributed by atoms with Crippen molar-refractivity contribution in [3.8, 4) is 0 Å². The van der Waals surface area contributed by atoms with Crippen LogP contribution in [0.1, 0.15) is 21.6 Å². The fourth-order valence-electron chi connectivity index (χ4n) is 1.52. The highest BCUT2D eigenvalue weighted by atomic mass is 35.5. The Labute approximate surface area is 104 Å². The van der Waals surface area contributed by atoms with E-state index in [1.807, 2.05) is 13.8 Å². The number of carbonyl (C=O) groups is 1. The number of nitrogens with one attached hydrogen (secondary N) is 2. The van der Waals surface area contributed by atoms with Crippen molar-refractivity contribution < 1.29 is 4.79 Å². The summed E-state index contributed by atoms with van der Waals surface area (Å²) in [6, 6.07) is 7.00. The third kappa shape index (κ3) is 2.47. The van der Waals surface area contributed by atoms with Crippen LogP contribution in [0.5, 0.6) is 0 Å². The highest BCUT2D eigenvalue weighted by molar-refractivity contribution is 6.32. The summed E-state index contributed by atoms with van der Waals surface area (Å²) >= 11 is 5.96. The maximum atomic E-state index is 12.0. The molecule has 0 saturated carbocycles. The van der Waals surface area contributed by atoms with Gasteiger partial charge in [0.1, 0.15) is 0 Å². The van der Waals surface area contributed by atoms with Gasteiger partial charge in [-0.2, -0.15) is 5.10 Å². The van der Waals surface area contributed by atoms with Gasteiger partial charge in [-0.05, 0) is 31.5 Å². The molecule has 1 heterocycles. The number of amides is 1. The normalized spacial score (nSPS) is 10.3. The highest BCUT2D eigenvalue weighted by Crippen LogP contribution is 2.19. The molecule has 0 fully saturated rings. The van der Waals surface area contributed by atoms with E-state index in [0.717, 1.165) is 11.3 Å². The average molecular weight is 250 g/mol. The fourth-order valence-corrected chi connectivity index (χ4v) is 1.69. The number of aryl methyl sites for hydroxylation is 1. The molecule has 0 atom stereocenters. The second kappa shape index (κ2) is 4.59. The van der Waals surface area contributed by atoms with Crippen LogP contribution in [0.15, 0.2) is 24.3 Å². The second-order valence-corrected chi connectivity index (χ2v) is 4.21. The number of H-pyrrole nitrogens is 1. The van der Waals surface area contributed by atoms with Crippen LogP contribution in [0, 0.1) is 13.8 Å². The summed E-state index contributed by atoms with van der Waals surface area (Å²) in [5.41, 5.74) is 2.21. The van der Waals surface area contributed by atoms with E-state index in [-0.39, 0.29) is 5.91 Å². The third-order valence-corrected chi connectivity index (χ3v) is 2.87. The molecule has 2 aromatic rings. The molecule has 0 aliphatic carbocycles. The van der Waals surface area contributed by atoms with Crippen LogP contribution in [-0.4, -0.2) is 16.1 Å². The van der Waals surface area contributed by atoms with Gasteiger partial charge in [-0.15, -0.1) is 0 Å². The molecule has 0 bridgehead atoms. The minimum atomic E-state index is -0.212. The van der Waals surface area contributed by atoms with Crippen LogP contribution < -0.4 is 5.32 Å². The van der Waals surface area contributed by atoms with Gasteiger partial charge in [-0.3, -0.25) is 9.89 Å². The van der Waals surface area contributed by atoms with Gasteiger partial charge in [-0.25, -0.2) is 0 Å². The largest absolute Gasteiger partial charge is 0.305 e. The summed E-state index contributed by atoms with van der Waals surface area (Å²) in [5, 5.41) is 9.99. The number of rotatable bonds is 2. The minimum absolute atomic E-state index is 0.212. The van der Waals surface area contributed by atoms with Crippen molar-refractivity contribution in [2.24, 2.45) is 0 Å². The number of hydrogen-bond acceptors (Lipinski definition) is 2. The number of carbonyl (C=O) groups excluding carboxylic acids is 1. The maximum absolute atomic E-state index is 12.0. The van der Waals surface area contributed by atoms with Gasteiger partial charge in [0.2, 0.25) is 0 Å². The lowest BCUT2D eigenvalue weighted by atomic mass is 10.1. The van der Waals surface area contributed by atoms with Crippen LogP contribution in [-0.2, 0) is 0 Å². The summed E-state index contributed by atoms with van der Waals surface area (Å²) < 4.78 is 0. The van der Waals surface area contributed by atoms with E-state index in [0.29, 0.717) is 16.4 Å². The van der Waals surface area contributed by atoms with Crippen molar-refractivity contribution in [1.29, 1.82) is 0 Å². The molecular formula is C12H12ClN3O. The molecule has 1 aromatic carbocycles. The molecule has 4 nitrogen and oxygen atoms in total. The summed E-state index contributed by atoms with van der Waals surface area (Å²) in [5.74, 6) is 0.295. The first kappa shape index (κ1) is 11.7. The van der Waals surface area contributed by atoms with Crippen LogP contribution in [0.2, 0.25) is 5.02 Å². The second-order valence-electron chi connectivity index (χ2n) is 3.80. The standard InChI is InChI=1S/C12H12ClN3O/c1-7-6-11(16-15-7)14-12(17)9-4-3-5-10(13)8(9)2/h3-6H,1-2H3,(H2,14,15,16,17). The van der Waals surface area contributed by atoms with Gasteiger partial charge in [0.05, 0.1) is 0 Å². The average Bonchev–Trinajstić information content (AvgIpc) is 2.68. The Morgan fingerprint density at radius 1 is 1.41 bits per heavy atom. The van der Waals surface area contributed by atoms with Crippen molar-refractivity contribution in [2.45, 2.75) is 13.8 Å². The number of aromatic amines is 1. The Bertz CT molecular complexity index is 563. The van der Waals surface area contributed by atoms with Crippen molar-refractivity contribution in [1.82, 2.24) is 10.2 Å². The first-order chi connectivity index (χ1) is 8.08. The number of anilines is 1. The first-order valence-corrected chi connectivity index (χ1v) is 5.54. The van der Waals surface area contributed by atoms with E-state index in [2.05, 4.69) is 15.5 Å². The number of halogens is 1. The molecule has 0 unspecified atom stereocenters. The number of nitrogens with zero attached hydrogens (tertiary/aromatic N) is 1. The molecule has 2 N–H and O–H groups in total. The molecule has 0 aliphatic heterocycles. The lowest BCUT2D eigenvalue weighted by Crippen LogP contribution is -2.13. The van der Waals surface area contributed by atoms with Crippen molar-refractivity contribution >= 4 is 23.3 Å². The van der Waals surface area contributed by atoms with Crippen LogP contribution in [0.4, 0.5) is 5.82 Å². The fraction of sp³-hybridized carbons (Fsp3) is 0.167. The topological polar surface area (TPSA) is 57.8 Å².